The summed E-state index contributed by atoms with van der Waals surface area (Å²) >= 11 is 1.41. The number of carbonyl (C=O) groups is 2. The number of nitrogens with zero attached hydrogens (tertiary/aromatic N) is 1. The molecule has 0 fully saturated rings. The average molecular weight is 397 g/mol. The minimum absolute atomic E-state index is 0.0974. The number of methoxy groups -OCH3 is 1. The Bertz CT molecular complexity index is 939. The highest BCUT2D eigenvalue weighted by atomic mass is 32.2. The van der Waals surface area contributed by atoms with E-state index in [2.05, 4.69) is 5.32 Å². The molecule has 1 aliphatic heterocycles. The van der Waals surface area contributed by atoms with Crippen LogP contribution < -0.4 is 15.0 Å². The maximum Gasteiger partial charge on any atom is 0.264 e. The Morgan fingerprint density at radius 1 is 1.29 bits per heavy atom. The van der Waals surface area contributed by atoms with Crippen molar-refractivity contribution in [2.45, 2.75) is 31.2 Å². The molecule has 1 atom stereocenters. The van der Waals surface area contributed by atoms with E-state index in [-0.39, 0.29) is 17.9 Å². The fourth-order valence-corrected chi connectivity index (χ4v) is 3.92. The maximum absolute atomic E-state index is 12.9. The van der Waals surface area contributed by atoms with Crippen molar-refractivity contribution in [3.05, 3.63) is 58.5 Å². The first kappa shape index (κ1) is 20.0. The largest absolute Gasteiger partial charge is 0.497 e. The van der Waals surface area contributed by atoms with E-state index in [0.29, 0.717) is 10.5 Å². The quantitative estimate of drug-likeness (QED) is 0.764. The van der Waals surface area contributed by atoms with Crippen LogP contribution in [0.15, 0.2) is 52.3 Å². The standard InChI is InChI=1S/C22H24N2O3S/c1-5-14(2)23-21(25)16-9-10-19-18(13-16)24(3)22(26)20(28-19)12-15-7-6-8-17(11-15)27-4/h6-14H,5H2,1-4H3,(H,23,25)/b20-12-/t14-/m0/s1. The molecule has 2 amide bonds. The molecule has 6 heteroatoms. The van der Waals surface area contributed by atoms with Gasteiger partial charge in [0.25, 0.3) is 11.8 Å². The van der Waals surface area contributed by atoms with Crippen molar-refractivity contribution in [3.63, 3.8) is 0 Å². The Labute approximate surface area is 169 Å². The Morgan fingerprint density at radius 3 is 2.79 bits per heavy atom. The molecule has 0 saturated heterocycles. The summed E-state index contributed by atoms with van der Waals surface area (Å²) in [7, 11) is 3.35. The lowest BCUT2D eigenvalue weighted by Crippen LogP contribution is -2.33. The summed E-state index contributed by atoms with van der Waals surface area (Å²) in [4.78, 5) is 28.4. The number of hydrogen-bond acceptors (Lipinski definition) is 4. The first-order valence-corrected chi connectivity index (χ1v) is 10.0. The second kappa shape index (κ2) is 8.52. The van der Waals surface area contributed by atoms with Crippen molar-refractivity contribution in [3.8, 4) is 5.75 Å². The van der Waals surface area contributed by atoms with Gasteiger partial charge in [-0.2, -0.15) is 0 Å². The van der Waals surface area contributed by atoms with Crippen LogP contribution in [0.3, 0.4) is 0 Å². The minimum atomic E-state index is -0.124. The van der Waals surface area contributed by atoms with Crippen molar-refractivity contribution in [1.82, 2.24) is 5.32 Å². The third kappa shape index (κ3) is 4.22. The second-order valence-electron chi connectivity index (χ2n) is 6.72. The molecular formula is C22H24N2O3S. The number of carbonyl (C=O) groups excluding carboxylic acids is 2. The molecular weight excluding hydrogens is 372 g/mol. The topological polar surface area (TPSA) is 58.6 Å². The van der Waals surface area contributed by atoms with Crippen LogP contribution in [0.5, 0.6) is 5.75 Å². The number of anilines is 1. The summed E-state index contributed by atoms with van der Waals surface area (Å²) in [6.07, 6.45) is 2.72. The zero-order chi connectivity index (χ0) is 20.3. The number of thioether (sulfide) groups is 1. The smallest absolute Gasteiger partial charge is 0.264 e. The average Bonchev–Trinajstić information content (AvgIpc) is 2.71. The van der Waals surface area contributed by atoms with Crippen LogP contribution in [0.25, 0.3) is 6.08 Å². The Balaban J connectivity index is 1.89. The third-order valence-corrected chi connectivity index (χ3v) is 5.78. The van der Waals surface area contributed by atoms with E-state index in [4.69, 9.17) is 4.74 Å². The van der Waals surface area contributed by atoms with Gasteiger partial charge in [0.2, 0.25) is 0 Å². The molecule has 0 radical (unpaired) electrons. The number of likely N-dealkylation sites (N-methyl/N-ethyl adjacent to an activating group) is 1. The number of nitrogens with one attached hydrogen (secondary N) is 1. The summed E-state index contributed by atoms with van der Waals surface area (Å²) in [5.74, 6) is 0.522. The Kier molecular flexibility index (Phi) is 6.09. The molecule has 28 heavy (non-hydrogen) atoms. The molecule has 146 valence electrons. The first-order valence-electron chi connectivity index (χ1n) is 9.19. The highest BCUT2D eigenvalue weighted by Crippen LogP contribution is 2.42. The van der Waals surface area contributed by atoms with Gasteiger partial charge in [0.15, 0.2) is 0 Å². The lowest BCUT2D eigenvalue weighted by molar-refractivity contribution is -0.114. The van der Waals surface area contributed by atoms with E-state index in [1.165, 1.54) is 11.8 Å². The van der Waals surface area contributed by atoms with Gasteiger partial charge in [-0.15, -0.1) is 0 Å². The number of ether oxygens (including phenoxy) is 1. The number of fused-ring (bicyclic) bond motifs is 1. The molecule has 2 aromatic rings. The summed E-state index contributed by atoms with van der Waals surface area (Å²) in [6.45, 7) is 3.99. The molecule has 0 spiro atoms. The van der Waals surface area contributed by atoms with Gasteiger partial charge in [-0.1, -0.05) is 30.8 Å². The fourth-order valence-electron chi connectivity index (χ4n) is 2.83. The van der Waals surface area contributed by atoms with Crippen LogP contribution >= 0.6 is 11.8 Å². The highest BCUT2D eigenvalue weighted by Gasteiger charge is 2.27. The molecule has 1 N–H and O–H groups in total. The Morgan fingerprint density at radius 2 is 2.07 bits per heavy atom. The van der Waals surface area contributed by atoms with Crippen molar-refractivity contribution in [2.24, 2.45) is 0 Å². The maximum atomic E-state index is 12.9. The molecule has 2 aromatic carbocycles. The van der Waals surface area contributed by atoms with Crippen molar-refractivity contribution in [1.29, 1.82) is 0 Å². The molecule has 0 saturated carbocycles. The summed E-state index contributed by atoms with van der Waals surface area (Å²) < 4.78 is 5.25. The fraction of sp³-hybridized carbons (Fsp3) is 0.273. The normalized spacial score (nSPS) is 15.9. The lowest BCUT2D eigenvalue weighted by atomic mass is 10.1. The molecule has 0 unspecified atom stereocenters. The van der Waals surface area contributed by atoms with Gasteiger partial charge in [-0.3, -0.25) is 9.59 Å². The van der Waals surface area contributed by atoms with Gasteiger partial charge in [-0.05, 0) is 55.3 Å². The highest BCUT2D eigenvalue weighted by molar-refractivity contribution is 8.04. The van der Waals surface area contributed by atoms with E-state index in [0.717, 1.165) is 28.3 Å². The SMILES string of the molecule is CC[C@H](C)NC(=O)c1ccc2c(c1)N(C)C(=O)/C(=C/c1cccc(OC)c1)S2. The van der Waals surface area contributed by atoms with E-state index in [9.17, 15) is 9.59 Å². The van der Waals surface area contributed by atoms with E-state index in [1.54, 1.807) is 31.2 Å². The van der Waals surface area contributed by atoms with Gasteiger partial charge < -0.3 is 15.0 Å². The lowest BCUT2D eigenvalue weighted by Gasteiger charge is -2.27. The molecule has 3 rings (SSSR count). The predicted molar refractivity (Wildman–Crippen MR) is 114 cm³/mol. The van der Waals surface area contributed by atoms with E-state index in [1.807, 2.05) is 50.3 Å². The number of hydrogen-bond donors (Lipinski definition) is 1. The molecule has 0 aliphatic carbocycles. The summed E-state index contributed by atoms with van der Waals surface area (Å²) in [6, 6.07) is 13.2. The summed E-state index contributed by atoms with van der Waals surface area (Å²) in [5.41, 5.74) is 2.20. The second-order valence-corrected chi connectivity index (χ2v) is 7.80. The number of amides is 2. The van der Waals surface area contributed by atoms with Crippen LogP contribution in [0.1, 0.15) is 36.2 Å². The molecule has 0 bridgehead atoms. The number of benzene rings is 2. The minimum Gasteiger partial charge on any atom is -0.497 e. The molecule has 1 aliphatic rings. The van der Waals surface area contributed by atoms with Gasteiger partial charge >= 0.3 is 0 Å². The van der Waals surface area contributed by atoms with Gasteiger partial charge in [0.05, 0.1) is 17.7 Å². The van der Waals surface area contributed by atoms with Crippen molar-refractivity contribution < 1.29 is 14.3 Å². The summed E-state index contributed by atoms with van der Waals surface area (Å²) in [5, 5.41) is 2.96. The monoisotopic (exact) mass is 396 g/mol. The van der Waals surface area contributed by atoms with Crippen molar-refractivity contribution in [2.75, 3.05) is 19.1 Å². The van der Waals surface area contributed by atoms with Crippen LogP contribution in [-0.4, -0.2) is 32.0 Å². The molecule has 5 nitrogen and oxygen atoms in total. The van der Waals surface area contributed by atoms with Gasteiger partial charge in [0.1, 0.15) is 5.75 Å². The van der Waals surface area contributed by atoms with E-state index >= 15 is 0 Å². The molecule has 1 heterocycles. The molecule has 0 aromatic heterocycles. The van der Waals surface area contributed by atoms with Gasteiger partial charge in [-0.25, -0.2) is 0 Å². The van der Waals surface area contributed by atoms with Gasteiger partial charge in [0, 0.05) is 23.5 Å². The van der Waals surface area contributed by atoms with Crippen LogP contribution in [-0.2, 0) is 4.79 Å². The first-order chi connectivity index (χ1) is 13.4. The van der Waals surface area contributed by atoms with E-state index < -0.39 is 0 Å². The van der Waals surface area contributed by atoms with Crippen LogP contribution in [0.4, 0.5) is 5.69 Å². The zero-order valence-corrected chi connectivity index (χ0v) is 17.3. The Hall–Kier alpha value is -2.73. The predicted octanol–water partition coefficient (Wildman–Crippen LogP) is 4.33. The zero-order valence-electron chi connectivity index (χ0n) is 16.5. The van der Waals surface area contributed by atoms with Crippen molar-refractivity contribution >= 4 is 35.3 Å². The van der Waals surface area contributed by atoms with Crippen LogP contribution in [0, 0.1) is 0 Å². The van der Waals surface area contributed by atoms with Crippen LogP contribution in [0.2, 0.25) is 0 Å². The number of rotatable bonds is 5. The third-order valence-electron chi connectivity index (χ3n) is 4.70.